The van der Waals surface area contributed by atoms with Crippen LogP contribution in [-0.4, -0.2) is 75.5 Å². The van der Waals surface area contributed by atoms with Crippen molar-refractivity contribution < 1.29 is 24.9 Å². The summed E-state index contributed by atoms with van der Waals surface area (Å²) in [6, 6.07) is 0. The number of hydrogen-bond donors (Lipinski definition) is 4. The molecule has 1 radical (unpaired) electrons. The van der Waals surface area contributed by atoms with Gasteiger partial charge in [-0.1, -0.05) is 20.8 Å². The molecule has 4 saturated carbocycles. The molecule has 4 aliphatic carbocycles. The molecule has 4 aliphatic rings. The molecule has 0 bridgehead atoms. The van der Waals surface area contributed by atoms with Crippen molar-refractivity contribution in [2.24, 2.45) is 46.3 Å². The molecule has 1 unspecified atom stereocenters. The Hall–Kier alpha value is -0.140. The molecule has 4 fully saturated rings. The van der Waals surface area contributed by atoms with Gasteiger partial charge in [0, 0.05) is 36.0 Å². The van der Waals surface area contributed by atoms with Crippen LogP contribution in [0, 0.1) is 46.3 Å². The van der Waals surface area contributed by atoms with Gasteiger partial charge in [0.1, 0.15) is 6.54 Å². The molecule has 10 atom stereocenters. The number of aliphatic carboxylic acids is 1. The molecule has 0 saturated heterocycles. The van der Waals surface area contributed by atoms with Crippen molar-refractivity contribution in [3.63, 3.8) is 0 Å². The monoisotopic (exact) mass is 472 g/mol. The SMILES string of the molecule is C[C@H](CCC(=O)NCC(=O)O)[C@H]1CC[C@H]2C3[C@H](O)C[C@@H]4C[C@H](O)CC[C@]4(C)[C@H]3CC[C@]12C.[Na]. The number of aliphatic hydroxyl groups is 2. The maximum atomic E-state index is 12.0. The third kappa shape index (κ3) is 5.07. The summed E-state index contributed by atoms with van der Waals surface area (Å²) in [5, 5.41) is 32.8. The Kier molecular flexibility index (Phi) is 8.70. The molecule has 1 amide bonds. The van der Waals surface area contributed by atoms with Crippen molar-refractivity contribution in [1.82, 2.24) is 5.32 Å². The summed E-state index contributed by atoms with van der Waals surface area (Å²) in [5.74, 6) is 1.66. The second-order valence-corrected chi connectivity index (χ2v) is 12.1. The van der Waals surface area contributed by atoms with E-state index in [1.165, 1.54) is 12.8 Å². The van der Waals surface area contributed by atoms with Crippen molar-refractivity contribution in [1.29, 1.82) is 0 Å². The molecule has 4 rings (SSSR count). The number of carbonyl (C=O) groups excluding carboxylic acids is 1. The van der Waals surface area contributed by atoms with Crippen molar-refractivity contribution in [3.8, 4) is 0 Å². The number of carboxylic acids is 1. The molecule has 0 spiro atoms. The second-order valence-electron chi connectivity index (χ2n) is 12.1. The van der Waals surface area contributed by atoms with E-state index in [9.17, 15) is 19.8 Å². The number of rotatable bonds is 6. The molecule has 0 aromatic carbocycles. The van der Waals surface area contributed by atoms with Crippen LogP contribution in [0.2, 0.25) is 0 Å². The first-order valence-electron chi connectivity index (χ1n) is 12.9. The number of aliphatic hydroxyl groups excluding tert-OH is 2. The van der Waals surface area contributed by atoms with Gasteiger partial charge in [0.05, 0.1) is 12.2 Å². The van der Waals surface area contributed by atoms with E-state index in [4.69, 9.17) is 5.11 Å². The second kappa shape index (κ2) is 10.5. The Balaban J connectivity index is 0.00000306. The van der Waals surface area contributed by atoms with Crippen molar-refractivity contribution >= 4 is 41.4 Å². The van der Waals surface area contributed by atoms with Crippen LogP contribution in [0.4, 0.5) is 0 Å². The average Bonchev–Trinajstić information content (AvgIpc) is 3.09. The van der Waals surface area contributed by atoms with Gasteiger partial charge in [-0.15, -0.1) is 0 Å². The fourth-order valence-corrected chi connectivity index (χ4v) is 9.00. The van der Waals surface area contributed by atoms with Crippen molar-refractivity contribution in [3.05, 3.63) is 0 Å². The maximum absolute atomic E-state index is 12.0. The van der Waals surface area contributed by atoms with E-state index in [2.05, 4.69) is 26.1 Å². The summed E-state index contributed by atoms with van der Waals surface area (Å²) in [4.78, 5) is 22.7. The molecule has 183 valence electrons. The maximum Gasteiger partial charge on any atom is 0.322 e. The summed E-state index contributed by atoms with van der Waals surface area (Å²) in [7, 11) is 0. The zero-order valence-corrected chi connectivity index (χ0v) is 23.1. The first-order chi connectivity index (χ1) is 15.1. The standard InChI is InChI=1S/C26H43NO5.Na/c1-15(4-7-22(30)27-14-23(31)32)18-5-6-19-24-20(9-11-26(18,19)3)25(2)10-8-17(28)12-16(25)13-21(24)29;/h15-21,24,28-29H,4-14H2,1-3H3,(H,27,30)(H,31,32);/t15-,16+,17-,18-,19+,20+,21-,24?,25+,26-;/m1./s1. The largest absolute Gasteiger partial charge is 0.480 e. The molecular weight excluding hydrogens is 429 g/mol. The van der Waals surface area contributed by atoms with E-state index < -0.39 is 5.97 Å². The van der Waals surface area contributed by atoms with E-state index in [0.29, 0.717) is 41.9 Å². The number of amides is 1. The smallest absolute Gasteiger partial charge is 0.322 e. The van der Waals surface area contributed by atoms with Gasteiger partial charge in [-0.25, -0.2) is 0 Å². The van der Waals surface area contributed by atoms with Gasteiger partial charge in [0.15, 0.2) is 0 Å². The number of fused-ring (bicyclic) bond motifs is 5. The van der Waals surface area contributed by atoms with Gasteiger partial charge >= 0.3 is 5.97 Å². The molecule has 0 aliphatic heterocycles. The summed E-state index contributed by atoms with van der Waals surface area (Å²) < 4.78 is 0. The van der Waals surface area contributed by atoms with Gasteiger partial charge in [0.2, 0.25) is 5.91 Å². The van der Waals surface area contributed by atoms with Crippen molar-refractivity contribution in [2.75, 3.05) is 6.54 Å². The molecule has 6 nitrogen and oxygen atoms in total. The van der Waals surface area contributed by atoms with Crippen LogP contribution in [0.3, 0.4) is 0 Å². The minimum atomic E-state index is -1.01. The van der Waals surface area contributed by atoms with E-state index >= 15 is 0 Å². The third-order valence-electron chi connectivity index (χ3n) is 10.7. The normalized spacial score (nSPS) is 45.1. The van der Waals surface area contributed by atoms with Crippen LogP contribution in [-0.2, 0) is 9.59 Å². The molecule has 0 aromatic rings. The predicted molar refractivity (Wildman–Crippen MR) is 127 cm³/mol. The number of carboxylic acid groups (broad SMARTS) is 1. The zero-order chi connectivity index (χ0) is 23.3. The van der Waals surface area contributed by atoms with E-state index in [1.807, 2.05) is 0 Å². The Morgan fingerprint density at radius 2 is 1.67 bits per heavy atom. The Morgan fingerprint density at radius 3 is 2.36 bits per heavy atom. The Bertz CT molecular complexity index is 733. The van der Waals surface area contributed by atoms with E-state index in [0.717, 1.165) is 44.9 Å². The first kappa shape index (κ1) is 27.4. The van der Waals surface area contributed by atoms with Crippen LogP contribution in [0.5, 0.6) is 0 Å². The molecule has 4 N–H and O–H groups in total. The predicted octanol–water partition coefficient (Wildman–Crippen LogP) is 3.21. The van der Waals surface area contributed by atoms with Gasteiger partial charge < -0.3 is 20.6 Å². The third-order valence-corrected chi connectivity index (χ3v) is 10.7. The minimum Gasteiger partial charge on any atom is -0.480 e. The van der Waals surface area contributed by atoms with Gasteiger partial charge in [0.25, 0.3) is 0 Å². The minimum absolute atomic E-state index is 0. The van der Waals surface area contributed by atoms with Crippen LogP contribution in [0.15, 0.2) is 0 Å². The van der Waals surface area contributed by atoms with Gasteiger partial charge in [-0.05, 0) is 104 Å². The summed E-state index contributed by atoms with van der Waals surface area (Å²) >= 11 is 0. The van der Waals surface area contributed by atoms with E-state index in [1.54, 1.807) is 0 Å². The fraction of sp³-hybridized carbons (Fsp3) is 0.923. The number of carbonyl (C=O) groups is 2. The Labute approximate surface area is 221 Å². The number of nitrogens with one attached hydrogen (secondary N) is 1. The fourth-order valence-electron chi connectivity index (χ4n) is 9.00. The summed E-state index contributed by atoms with van der Waals surface area (Å²) in [6.45, 7) is 6.83. The molecule has 0 aromatic heterocycles. The molecule has 7 heteroatoms. The van der Waals surface area contributed by atoms with E-state index in [-0.39, 0.29) is 65.0 Å². The summed E-state index contributed by atoms with van der Waals surface area (Å²) in [6.07, 6.45) is 9.06. The first-order valence-corrected chi connectivity index (χ1v) is 12.9. The van der Waals surface area contributed by atoms with Crippen LogP contribution < -0.4 is 5.32 Å². The molecule has 33 heavy (non-hydrogen) atoms. The van der Waals surface area contributed by atoms with Crippen molar-refractivity contribution in [2.45, 2.75) is 97.2 Å². The molecule has 0 heterocycles. The summed E-state index contributed by atoms with van der Waals surface area (Å²) in [5.41, 5.74) is 0.451. The van der Waals surface area contributed by atoms with Gasteiger partial charge in [-0.3, -0.25) is 9.59 Å². The topological polar surface area (TPSA) is 107 Å². The van der Waals surface area contributed by atoms with Crippen LogP contribution >= 0.6 is 0 Å². The quantitative estimate of drug-likeness (QED) is 0.444. The number of hydrogen-bond acceptors (Lipinski definition) is 4. The van der Waals surface area contributed by atoms with Crippen LogP contribution in [0.1, 0.15) is 85.0 Å². The Morgan fingerprint density at radius 1 is 1.00 bits per heavy atom. The average molecular weight is 473 g/mol. The van der Waals surface area contributed by atoms with Gasteiger partial charge in [-0.2, -0.15) is 0 Å². The zero-order valence-electron chi connectivity index (χ0n) is 21.1. The van der Waals surface area contributed by atoms with Crippen LogP contribution in [0.25, 0.3) is 0 Å². The molecular formula is C26H43NNaO5.